The molecule has 0 unspecified atom stereocenters. The average Bonchev–Trinajstić information content (AvgIpc) is 2.37. The van der Waals surface area contributed by atoms with E-state index in [0.717, 1.165) is 12.0 Å². The normalized spacial score (nSPS) is 10.6. The van der Waals surface area contributed by atoms with Gasteiger partial charge in [-0.2, -0.15) is 0 Å². The van der Waals surface area contributed by atoms with Crippen molar-refractivity contribution in [2.45, 2.75) is 33.3 Å². The van der Waals surface area contributed by atoms with Crippen molar-refractivity contribution < 1.29 is 14.3 Å². The maximum Gasteiger partial charge on any atom is 0.257 e. The number of hydrogen-bond donors (Lipinski definition) is 2. The quantitative estimate of drug-likeness (QED) is 0.563. The number of benzene rings is 1. The molecule has 1 rings (SSSR count). The van der Waals surface area contributed by atoms with Crippen molar-refractivity contribution in [3.8, 4) is 5.75 Å². The predicted molar refractivity (Wildman–Crippen MR) is 79.8 cm³/mol. The van der Waals surface area contributed by atoms with E-state index in [4.69, 9.17) is 15.2 Å². The number of amides is 1. The van der Waals surface area contributed by atoms with Gasteiger partial charge in [0, 0.05) is 18.8 Å². The monoisotopic (exact) mass is 280 g/mol. The zero-order chi connectivity index (χ0) is 15.0. The van der Waals surface area contributed by atoms with E-state index in [1.165, 1.54) is 0 Å². The van der Waals surface area contributed by atoms with Crippen LogP contribution in [0.4, 0.5) is 5.69 Å². The molecular formula is C15H24N2O3. The first-order valence-corrected chi connectivity index (χ1v) is 6.86. The number of nitrogens with two attached hydrogens (primary N) is 1. The summed E-state index contributed by atoms with van der Waals surface area (Å²) >= 11 is 0. The van der Waals surface area contributed by atoms with Crippen LogP contribution in [0.15, 0.2) is 18.2 Å². The molecule has 0 aliphatic carbocycles. The first-order valence-electron chi connectivity index (χ1n) is 6.86. The molecule has 1 amide bonds. The molecule has 0 aliphatic rings. The Balaban J connectivity index is 2.19. The summed E-state index contributed by atoms with van der Waals surface area (Å²) in [5, 5.41) is 2.79. The molecule has 1 aromatic carbocycles. The van der Waals surface area contributed by atoms with Gasteiger partial charge in [0.05, 0.1) is 6.10 Å². The van der Waals surface area contributed by atoms with Gasteiger partial charge >= 0.3 is 0 Å². The largest absolute Gasteiger partial charge is 0.484 e. The van der Waals surface area contributed by atoms with Crippen LogP contribution < -0.4 is 15.8 Å². The minimum absolute atomic E-state index is 0.00972. The number of carbonyl (C=O) groups is 1. The van der Waals surface area contributed by atoms with Crippen molar-refractivity contribution in [2.75, 3.05) is 25.5 Å². The summed E-state index contributed by atoms with van der Waals surface area (Å²) in [5.41, 5.74) is 7.26. The van der Waals surface area contributed by atoms with Gasteiger partial charge in [0.2, 0.25) is 0 Å². The highest BCUT2D eigenvalue weighted by molar-refractivity contribution is 5.77. The second-order valence-electron chi connectivity index (χ2n) is 4.94. The van der Waals surface area contributed by atoms with Crippen molar-refractivity contribution in [3.63, 3.8) is 0 Å². The van der Waals surface area contributed by atoms with Crippen molar-refractivity contribution in [1.29, 1.82) is 0 Å². The van der Waals surface area contributed by atoms with E-state index in [0.29, 0.717) is 24.6 Å². The van der Waals surface area contributed by atoms with Gasteiger partial charge in [-0.1, -0.05) is 0 Å². The lowest BCUT2D eigenvalue weighted by molar-refractivity contribution is -0.123. The zero-order valence-corrected chi connectivity index (χ0v) is 12.4. The SMILES string of the molecule is Cc1cc(N)ccc1OCC(=O)NCCCOC(C)C. The lowest BCUT2D eigenvalue weighted by Crippen LogP contribution is -2.30. The van der Waals surface area contributed by atoms with E-state index < -0.39 is 0 Å². The minimum atomic E-state index is -0.134. The van der Waals surface area contributed by atoms with E-state index in [9.17, 15) is 4.79 Å². The Morgan fingerprint density at radius 3 is 2.80 bits per heavy atom. The van der Waals surface area contributed by atoms with Crippen molar-refractivity contribution in [2.24, 2.45) is 0 Å². The second kappa shape index (κ2) is 8.43. The molecule has 0 spiro atoms. The zero-order valence-electron chi connectivity index (χ0n) is 12.4. The van der Waals surface area contributed by atoms with Crippen molar-refractivity contribution >= 4 is 11.6 Å². The summed E-state index contributed by atoms with van der Waals surface area (Å²) in [6.07, 6.45) is 1.02. The number of aryl methyl sites for hydroxylation is 1. The van der Waals surface area contributed by atoms with Crippen LogP contribution in [0.3, 0.4) is 0 Å². The Hall–Kier alpha value is -1.75. The Morgan fingerprint density at radius 1 is 1.40 bits per heavy atom. The third kappa shape index (κ3) is 6.43. The molecule has 0 bridgehead atoms. The van der Waals surface area contributed by atoms with Crippen molar-refractivity contribution in [1.82, 2.24) is 5.32 Å². The highest BCUT2D eigenvalue weighted by Crippen LogP contribution is 2.19. The number of carbonyl (C=O) groups excluding carboxylic acids is 1. The van der Waals surface area contributed by atoms with Crippen molar-refractivity contribution in [3.05, 3.63) is 23.8 Å². The lowest BCUT2D eigenvalue weighted by atomic mass is 10.2. The van der Waals surface area contributed by atoms with Gasteiger partial charge in [-0.05, 0) is 51.0 Å². The number of hydrogen-bond acceptors (Lipinski definition) is 4. The van der Waals surface area contributed by atoms with Crippen LogP contribution >= 0.6 is 0 Å². The summed E-state index contributed by atoms with van der Waals surface area (Å²) in [6.45, 7) is 7.12. The highest BCUT2D eigenvalue weighted by Gasteiger charge is 2.04. The Bertz CT molecular complexity index is 433. The molecule has 20 heavy (non-hydrogen) atoms. The third-order valence-electron chi connectivity index (χ3n) is 2.65. The molecule has 0 saturated heterocycles. The second-order valence-corrected chi connectivity index (χ2v) is 4.94. The molecule has 0 aliphatic heterocycles. The van der Waals surface area contributed by atoms with Gasteiger partial charge in [-0.3, -0.25) is 4.79 Å². The average molecular weight is 280 g/mol. The Labute approximate surface area is 120 Å². The lowest BCUT2D eigenvalue weighted by Gasteiger charge is -2.10. The molecule has 0 heterocycles. The molecule has 0 radical (unpaired) electrons. The molecule has 5 heteroatoms. The highest BCUT2D eigenvalue weighted by atomic mass is 16.5. The van der Waals surface area contributed by atoms with E-state index in [-0.39, 0.29) is 18.6 Å². The fourth-order valence-electron chi connectivity index (χ4n) is 1.65. The smallest absolute Gasteiger partial charge is 0.257 e. The number of rotatable bonds is 8. The van der Waals surface area contributed by atoms with Gasteiger partial charge in [0.15, 0.2) is 6.61 Å². The van der Waals surface area contributed by atoms with Crippen LogP contribution in [0.2, 0.25) is 0 Å². The summed E-state index contributed by atoms with van der Waals surface area (Å²) < 4.78 is 10.8. The first kappa shape index (κ1) is 16.3. The molecule has 3 N–H and O–H groups in total. The van der Waals surface area contributed by atoms with E-state index in [1.807, 2.05) is 26.8 Å². The minimum Gasteiger partial charge on any atom is -0.484 e. The fraction of sp³-hybridized carbons (Fsp3) is 0.533. The summed E-state index contributed by atoms with van der Waals surface area (Å²) in [4.78, 5) is 11.6. The van der Waals surface area contributed by atoms with E-state index in [2.05, 4.69) is 5.32 Å². The molecule has 0 atom stereocenters. The molecule has 112 valence electrons. The maximum absolute atomic E-state index is 11.6. The van der Waals surface area contributed by atoms with Gasteiger partial charge in [-0.25, -0.2) is 0 Å². The van der Waals surface area contributed by atoms with E-state index in [1.54, 1.807) is 12.1 Å². The molecular weight excluding hydrogens is 256 g/mol. The number of nitrogens with one attached hydrogen (secondary N) is 1. The van der Waals surface area contributed by atoms with Crippen LogP contribution in [0.25, 0.3) is 0 Å². The molecule has 5 nitrogen and oxygen atoms in total. The standard InChI is InChI=1S/C15H24N2O3/c1-11(2)19-8-4-7-17-15(18)10-20-14-6-5-13(16)9-12(14)3/h5-6,9,11H,4,7-8,10,16H2,1-3H3,(H,17,18). The molecule has 0 saturated carbocycles. The number of ether oxygens (including phenoxy) is 2. The summed E-state index contributed by atoms with van der Waals surface area (Å²) in [7, 11) is 0. The fourth-order valence-corrected chi connectivity index (χ4v) is 1.65. The van der Waals surface area contributed by atoms with E-state index >= 15 is 0 Å². The van der Waals surface area contributed by atoms with Gasteiger partial charge in [0.1, 0.15) is 5.75 Å². The number of anilines is 1. The number of nitrogen functional groups attached to an aromatic ring is 1. The van der Waals surface area contributed by atoms with Crippen LogP contribution in [0.5, 0.6) is 5.75 Å². The predicted octanol–water partition coefficient (Wildman–Crippen LogP) is 1.89. The van der Waals surface area contributed by atoms with Crippen LogP contribution in [0.1, 0.15) is 25.8 Å². The summed E-state index contributed by atoms with van der Waals surface area (Å²) in [6, 6.07) is 5.34. The topological polar surface area (TPSA) is 73.6 Å². The van der Waals surface area contributed by atoms with Gasteiger partial charge < -0.3 is 20.5 Å². The van der Waals surface area contributed by atoms with Crippen LogP contribution in [-0.2, 0) is 9.53 Å². The van der Waals surface area contributed by atoms with Crippen LogP contribution in [0, 0.1) is 6.92 Å². The van der Waals surface area contributed by atoms with Gasteiger partial charge in [-0.15, -0.1) is 0 Å². The molecule has 0 aromatic heterocycles. The Morgan fingerprint density at radius 2 is 2.15 bits per heavy atom. The Kier molecular flexibility index (Phi) is 6.87. The third-order valence-corrected chi connectivity index (χ3v) is 2.65. The van der Waals surface area contributed by atoms with Gasteiger partial charge in [0.25, 0.3) is 5.91 Å². The molecule has 0 fully saturated rings. The van der Waals surface area contributed by atoms with Crippen LogP contribution in [-0.4, -0.2) is 31.8 Å². The summed E-state index contributed by atoms with van der Waals surface area (Å²) in [5.74, 6) is 0.545. The molecule has 1 aromatic rings. The maximum atomic E-state index is 11.6. The first-order chi connectivity index (χ1) is 9.49.